The molecule has 17 heavy (non-hydrogen) atoms. The summed E-state index contributed by atoms with van der Waals surface area (Å²) in [5, 5.41) is 5.62. The molecule has 1 aromatic carbocycles. The van der Waals surface area contributed by atoms with Gasteiger partial charge in [0.05, 0.1) is 18.8 Å². The van der Waals surface area contributed by atoms with Gasteiger partial charge in [-0.25, -0.2) is 0 Å². The minimum Gasteiger partial charge on any atom is -0.491 e. The second-order valence-corrected chi connectivity index (χ2v) is 3.72. The van der Waals surface area contributed by atoms with Crippen LogP contribution < -0.4 is 15.4 Å². The number of hydrogen-bond acceptors (Lipinski definition) is 3. The van der Waals surface area contributed by atoms with E-state index in [-0.39, 0.29) is 12.5 Å². The lowest BCUT2D eigenvalue weighted by atomic mass is 10.3. The number of carbonyl (C=O) groups excluding carboxylic acids is 1. The fourth-order valence-electron chi connectivity index (χ4n) is 1.33. The Morgan fingerprint density at radius 3 is 2.82 bits per heavy atom. The zero-order chi connectivity index (χ0) is 12.5. The van der Waals surface area contributed by atoms with Crippen LogP contribution in [0.5, 0.6) is 5.75 Å². The van der Waals surface area contributed by atoms with Gasteiger partial charge in [-0.3, -0.25) is 4.79 Å². The van der Waals surface area contributed by atoms with E-state index in [9.17, 15) is 4.79 Å². The Bertz CT molecular complexity index is 353. The highest BCUT2D eigenvalue weighted by molar-refractivity contribution is 5.80. The molecule has 0 unspecified atom stereocenters. The van der Waals surface area contributed by atoms with Gasteiger partial charge in [-0.2, -0.15) is 0 Å². The van der Waals surface area contributed by atoms with Gasteiger partial charge >= 0.3 is 0 Å². The lowest BCUT2D eigenvalue weighted by Gasteiger charge is -2.12. The monoisotopic (exact) mass is 236 g/mol. The van der Waals surface area contributed by atoms with Crippen LogP contribution in [0.2, 0.25) is 0 Å². The maximum absolute atomic E-state index is 11.1. The van der Waals surface area contributed by atoms with E-state index in [0.29, 0.717) is 6.61 Å². The number of amides is 1. The van der Waals surface area contributed by atoms with Crippen LogP contribution in [0.15, 0.2) is 24.3 Å². The van der Waals surface area contributed by atoms with E-state index in [0.717, 1.165) is 24.3 Å². The second kappa shape index (κ2) is 7.54. The van der Waals surface area contributed by atoms with Gasteiger partial charge < -0.3 is 15.4 Å². The Labute approximate surface area is 102 Å². The summed E-state index contributed by atoms with van der Waals surface area (Å²) in [6, 6.07) is 7.65. The Morgan fingerprint density at radius 1 is 1.35 bits per heavy atom. The molecule has 0 saturated carbocycles. The number of para-hydroxylation sites is 2. The Kier molecular flexibility index (Phi) is 5.93. The van der Waals surface area contributed by atoms with Gasteiger partial charge in [0, 0.05) is 7.05 Å². The molecule has 0 atom stereocenters. The van der Waals surface area contributed by atoms with E-state index in [2.05, 4.69) is 17.6 Å². The minimum atomic E-state index is -0.0478. The number of nitrogens with one attached hydrogen (secondary N) is 2. The topological polar surface area (TPSA) is 50.4 Å². The fraction of sp³-hybridized carbons (Fsp3) is 0.462. The molecule has 4 nitrogen and oxygen atoms in total. The molecule has 0 fully saturated rings. The van der Waals surface area contributed by atoms with Gasteiger partial charge in [-0.1, -0.05) is 25.5 Å². The molecule has 94 valence electrons. The molecular weight excluding hydrogens is 216 g/mol. The average Bonchev–Trinajstić information content (AvgIpc) is 2.37. The van der Waals surface area contributed by atoms with E-state index in [1.54, 1.807) is 7.05 Å². The molecule has 1 rings (SSSR count). The van der Waals surface area contributed by atoms with E-state index in [1.165, 1.54) is 0 Å². The first kappa shape index (κ1) is 13.4. The SMILES string of the molecule is CCCCOc1ccccc1NCC(=O)NC. The minimum absolute atomic E-state index is 0.0478. The van der Waals surface area contributed by atoms with Crippen LogP contribution in [-0.2, 0) is 4.79 Å². The van der Waals surface area contributed by atoms with E-state index >= 15 is 0 Å². The summed E-state index contributed by atoms with van der Waals surface area (Å²) in [5.41, 5.74) is 0.854. The highest BCUT2D eigenvalue weighted by Gasteiger charge is 2.03. The summed E-state index contributed by atoms with van der Waals surface area (Å²) >= 11 is 0. The molecule has 4 heteroatoms. The van der Waals surface area contributed by atoms with E-state index < -0.39 is 0 Å². The molecule has 0 radical (unpaired) electrons. The first-order chi connectivity index (χ1) is 8.27. The van der Waals surface area contributed by atoms with E-state index in [1.807, 2.05) is 24.3 Å². The van der Waals surface area contributed by atoms with Gasteiger partial charge in [0.15, 0.2) is 0 Å². The average molecular weight is 236 g/mol. The van der Waals surface area contributed by atoms with Gasteiger partial charge in [-0.15, -0.1) is 0 Å². The normalized spacial score (nSPS) is 9.76. The summed E-state index contributed by atoms with van der Waals surface area (Å²) < 4.78 is 5.65. The van der Waals surface area contributed by atoms with Crippen LogP contribution in [0.1, 0.15) is 19.8 Å². The lowest BCUT2D eigenvalue weighted by molar-refractivity contribution is -0.118. The van der Waals surface area contributed by atoms with Crippen LogP contribution in [0.25, 0.3) is 0 Å². The second-order valence-electron chi connectivity index (χ2n) is 3.72. The molecule has 0 heterocycles. The smallest absolute Gasteiger partial charge is 0.239 e. The first-order valence-corrected chi connectivity index (χ1v) is 5.94. The third-order valence-corrected chi connectivity index (χ3v) is 2.36. The number of anilines is 1. The molecule has 0 bridgehead atoms. The van der Waals surface area contributed by atoms with Gasteiger partial charge in [-0.05, 0) is 18.6 Å². The summed E-state index contributed by atoms with van der Waals surface area (Å²) in [4.78, 5) is 11.1. The van der Waals surface area contributed by atoms with Crippen LogP contribution in [0, 0.1) is 0 Å². The van der Waals surface area contributed by atoms with Crippen LogP contribution in [0.3, 0.4) is 0 Å². The van der Waals surface area contributed by atoms with Crippen molar-refractivity contribution in [3.05, 3.63) is 24.3 Å². The fourth-order valence-corrected chi connectivity index (χ4v) is 1.33. The summed E-state index contributed by atoms with van der Waals surface area (Å²) in [6.45, 7) is 3.08. The third-order valence-electron chi connectivity index (χ3n) is 2.36. The Hall–Kier alpha value is -1.71. The first-order valence-electron chi connectivity index (χ1n) is 5.94. The number of benzene rings is 1. The molecule has 2 N–H and O–H groups in total. The van der Waals surface area contributed by atoms with Crippen molar-refractivity contribution in [2.24, 2.45) is 0 Å². The highest BCUT2D eigenvalue weighted by atomic mass is 16.5. The summed E-state index contributed by atoms with van der Waals surface area (Å²) in [6.07, 6.45) is 2.14. The molecule has 0 aliphatic heterocycles. The predicted octanol–water partition coefficient (Wildman–Crippen LogP) is 2.02. The number of hydrogen-bond donors (Lipinski definition) is 2. The number of likely N-dealkylation sites (N-methyl/N-ethyl adjacent to an activating group) is 1. The van der Waals surface area contributed by atoms with Crippen molar-refractivity contribution in [3.63, 3.8) is 0 Å². The van der Waals surface area contributed by atoms with Crippen molar-refractivity contribution in [1.82, 2.24) is 5.32 Å². The zero-order valence-corrected chi connectivity index (χ0v) is 10.5. The summed E-state index contributed by atoms with van der Waals surface area (Å²) in [5.74, 6) is 0.748. The van der Waals surface area contributed by atoms with Crippen molar-refractivity contribution < 1.29 is 9.53 Å². The maximum atomic E-state index is 11.1. The number of rotatable bonds is 7. The molecule has 0 saturated heterocycles. The largest absolute Gasteiger partial charge is 0.491 e. The van der Waals surface area contributed by atoms with E-state index in [4.69, 9.17) is 4.74 Å². The zero-order valence-electron chi connectivity index (χ0n) is 10.5. The highest BCUT2D eigenvalue weighted by Crippen LogP contribution is 2.23. The van der Waals surface area contributed by atoms with Crippen LogP contribution in [0.4, 0.5) is 5.69 Å². The standard InChI is InChI=1S/C13H20N2O2/c1-3-4-9-17-12-8-6-5-7-11(12)15-10-13(16)14-2/h5-8,15H,3-4,9-10H2,1-2H3,(H,14,16). The molecule has 1 amide bonds. The molecular formula is C13H20N2O2. The third kappa shape index (κ3) is 4.76. The van der Waals surface area contributed by atoms with Crippen molar-refractivity contribution in [2.75, 3.05) is 25.5 Å². The predicted molar refractivity (Wildman–Crippen MR) is 69.4 cm³/mol. The maximum Gasteiger partial charge on any atom is 0.239 e. The van der Waals surface area contributed by atoms with Gasteiger partial charge in [0.1, 0.15) is 5.75 Å². The molecule has 0 aliphatic rings. The Morgan fingerprint density at radius 2 is 2.12 bits per heavy atom. The van der Waals surface area contributed by atoms with Crippen molar-refractivity contribution >= 4 is 11.6 Å². The molecule has 0 spiro atoms. The number of unbranched alkanes of at least 4 members (excludes halogenated alkanes) is 1. The molecule has 1 aromatic rings. The summed E-state index contributed by atoms with van der Waals surface area (Å²) in [7, 11) is 1.62. The number of ether oxygens (including phenoxy) is 1. The van der Waals surface area contributed by atoms with Crippen molar-refractivity contribution in [2.45, 2.75) is 19.8 Å². The van der Waals surface area contributed by atoms with Crippen LogP contribution >= 0.6 is 0 Å². The molecule has 0 aliphatic carbocycles. The van der Waals surface area contributed by atoms with Crippen molar-refractivity contribution in [3.8, 4) is 5.75 Å². The quantitative estimate of drug-likeness (QED) is 0.712. The van der Waals surface area contributed by atoms with Crippen molar-refractivity contribution in [1.29, 1.82) is 0 Å². The van der Waals surface area contributed by atoms with Gasteiger partial charge in [0.25, 0.3) is 0 Å². The Balaban J connectivity index is 2.54. The lowest BCUT2D eigenvalue weighted by Crippen LogP contribution is -2.26. The molecule has 0 aromatic heterocycles. The van der Waals surface area contributed by atoms with Gasteiger partial charge in [0.2, 0.25) is 5.91 Å². The number of carbonyl (C=O) groups is 1. The van der Waals surface area contributed by atoms with Crippen LogP contribution in [-0.4, -0.2) is 26.1 Å².